The van der Waals surface area contributed by atoms with Crippen molar-refractivity contribution < 1.29 is 27.4 Å². The summed E-state index contributed by atoms with van der Waals surface area (Å²) in [5.41, 5.74) is 4.49. The molecule has 0 spiro atoms. The normalized spacial score (nSPS) is 11.4. The van der Waals surface area contributed by atoms with Crippen molar-refractivity contribution in [3.05, 3.63) is 72.6 Å². The molecule has 0 radical (unpaired) electrons. The van der Waals surface area contributed by atoms with Crippen LogP contribution in [0, 0.1) is 6.92 Å². The maximum atomic E-state index is 12.6. The first-order chi connectivity index (χ1) is 18.3. The van der Waals surface area contributed by atoms with Crippen LogP contribution in [0.2, 0.25) is 0 Å². The molecule has 0 aliphatic rings. The van der Waals surface area contributed by atoms with E-state index in [1.54, 1.807) is 36.7 Å². The van der Waals surface area contributed by atoms with E-state index in [1.165, 1.54) is 7.11 Å². The third-order valence-electron chi connectivity index (χ3n) is 5.55. The Labute approximate surface area is 220 Å². The predicted octanol–water partition coefficient (Wildman–Crippen LogP) is 3.33. The number of pyridine rings is 3. The number of rotatable bonds is 10. The van der Waals surface area contributed by atoms with Crippen LogP contribution in [0.1, 0.15) is 5.56 Å². The Hall–Kier alpha value is -3.97. The van der Waals surface area contributed by atoms with Gasteiger partial charge < -0.3 is 14.2 Å². The van der Waals surface area contributed by atoms with Crippen molar-refractivity contribution in [3.8, 4) is 28.4 Å². The molecule has 38 heavy (non-hydrogen) atoms. The summed E-state index contributed by atoms with van der Waals surface area (Å²) in [7, 11) is -2.85. The molecule has 0 aliphatic carbocycles. The standard InChI is InChI=1S/C26H27N5O6S/c1-18-5-3-11-28-23(18)22-17-20-6-4-12-29-24(20)25(30-22)19-7-9-21(10-8-19)37-26(32)31(38(27,33)34)13-14-36-16-15-35-2/h3-12,17H,13-16H2,1-2H3,(H2,27,33,34). The number of amides is 1. The summed E-state index contributed by atoms with van der Waals surface area (Å²) >= 11 is 0. The summed E-state index contributed by atoms with van der Waals surface area (Å²) in [5.74, 6) is 0.127. The zero-order valence-electron chi connectivity index (χ0n) is 20.9. The Balaban J connectivity index is 1.58. The van der Waals surface area contributed by atoms with E-state index >= 15 is 0 Å². The first-order valence-corrected chi connectivity index (χ1v) is 13.2. The minimum atomic E-state index is -4.36. The zero-order valence-corrected chi connectivity index (χ0v) is 21.7. The molecule has 4 aromatic rings. The van der Waals surface area contributed by atoms with Gasteiger partial charge in [0.2, 0.25) is 0 Å². The molecule has 2 N–H and O–H groups in total. The number of aromatic nitrogens is 3. The average molecular weight is 538 g/mol. The van der Waals surface area contributed by atoms with Gasteiger partial charge in [-0.3, -0.25) is 9.97 Å². The molecule has 198 valence electrons. The van der Waals surface area contributed by atoms with E-state index in [2.05, 4.69) is 9.97 Å². The lowest BCUT2D eigenvalue weighted by atomic mass is 10.0. The molecule has 12 heteroatoms. The Kier molecular flexibility index (Phi) is 8.59. The maximum Gasteiger partial charge on any atom is 0.430 e. The monoisotopic (exact) mass is 537 g/mol. The zero-order chi connectivity index (χ0) is 27.1. The third-order valence-corrected chi connectivity index (χ3v) is 6.50. The van der Waals surface area contributed by atoms with Gasteiger partial charge in [0.1, 0.15) is 5.75 Å². The molecule has 0 fully saturated rings. The van der Waals surface area contributed by atoms with Gasteiger partial charge >= 0.3 is 16.3 Å². The van der Waals surface area contributed by atoms with Crippen LogP contribution in [-0.4, -0.2) is 67.2 Å². The number of methoxy groups -OCH3 is 1. The van der Waals surface area contributed by atoms with Gasteiger partial charge in [0, 0.05) is 30.5 Å². The molecule has 0 saturated carbocycles. The lowest BCUT2D eigenvalue weighted by molar-refractivity contribution is 0.0657. The molecule has 4 rings (SSSR count). The average Bonchev–Trinajstić information content (AvgIpc) is 2.90. The summed E-state index contributed by atoms with van der Waals surface area (Å²) in [4.78, 5) is 26.4. The molecular weight excluding hydrogens is 510 g/mol. The van der Waals surface area contributed by atoms with Gasteiger partial charge in [-0.25, -0.2) is 14.9 Å². The topological polar surface area (TPSA) is 147 Å². The number of fused-ring (bicyclic) bond motifs is 1. The van der Waals surface area contributed by atoms with Crippen LogP contribution in [0.3, 0.4) is 0 Å². The SMILES string of the molecule is COCCOCCN(C(=O)Oc1ccc(-c2nc(-c3ncccc3C)cc3cccnc23)cc1)S(N)(=O)=O. The van der Waals surface area contributed by atoms with Crippen LogP contribution >= 0.6 is 0 Å². The fourth-order valence-corrected chi connectivity index (χ4v) is 4.28. The van der Waals surface area contributed by atoms with Crippen LogP contribution in [-0.2, 0) is 19.7 Å². The van der Waals surface area contributed by atoms with Crippen molar-refractivity contribution in [1.82, 2.24) is 19.3 Å². The van der Waals surface area contributed by atoms with Gasteiger partial charge in [-0.05, 0) is 55.0 Å². The van der Waals surface area contributed by atoms with Gasteiger partial charge in [-0.15, -0.1) is 0 Å². The van der Waals surface area contributed by atoms with Crippen molar-refractivity contribution in [2.75, 3.05) is 33.5 Å². The second-order valence-corrected chi connectivity index (χ2v) is 9.69. The number of nitrogens with two attached hydrogens (primary N) is 1. The van der Waals surface area contributed by atoms with Crippen LogP contribution in [0.15, 0.2) is 67.0 Å². The quantitative estimate of drug-likeness (QED) is 0.301. The van der Waals surface area contributed by atoms with Gasteiger partial charge in [0.15, 0.2) is 0 Å². The molecule has 3 heterocycles. The molecule has 3 aromatic heterocycles. The third kappa shape index (κ3) is 6.47. The van der Waals surface area contributed by atoms with Gasteiger partial charge in [0.25, 0.3) is 0 Å². The van der Waals surface area contributed by atoms with Crippen molar-refractivity contribution >= 4 is 27.2 Å². The van der Waals surface area contributed by atoms with Crippen LogP contribution < -0.4 is 9.88 Å². The number of aryl methyl sites for hydroxylation is 1. The number of hydrogen-bond donors (Lipinski definition) is 1. The molecule has 11 nitrogen and oxygen atoms in total. The molecule has 1 aromatic carbocycles. The second kappa shape index (κ2) is 12.0. The van der Waals surface area contributed by atoms with Gasteiger partial charge in [-0.2, -0.15) is 12.7 Å². The van der Waals surface area contributed by atoms with Crippen LogP contribution in [0.5, 0.6) is 5.75 Å². The number of hydrogen-bond acceptors (Lipinski definition) is 9. The first kappa shape index (κ1) is 27.1. The molecular formula is C26H27N5O6S. The van der Waals surface area contributed by atoms with Crippen LogP contribution in [0.4, 0.5) is 4.79 Å². The van der Waals surface area contributed by atoms with E-state index in [9.17, 15) is 13.2 Å². The molecule has 0 unspecified atom stereocenters. The fraction of sp³-hybridized carbons (Fsp3) is 0.231. The maximum absolute atomic E-state index is 12.6. The van der Waals surface area contributed by atoms with Crippen molar-refractivity contribution in [3.63, 3.8) is 0 Å². The molecule has 1 amide bonds. The summed E-state index contributed by atoms with van der Waals surface area (Å²) in [6, 6.07) is 16.1. The smallest absolute Gasteiger partial charge is 0.409 e. The lowest BCUT2D eigenvalue weighted by Crippen LogP contribution is -2.44. The van der Waals surface area contributed by atoms with E-state index in [0.29, 0.717) is 27.8 Å². The predicted molar refractivity (Wildman–Crippen MR) is 141 cm³/mol. The molecule has 0 aliphatic heterocycles. The number of nitrogens with zero attached hydrogens (tertiary/aromatic N) is 4. The Morgan fingerprint density at radius 1 is 0.974 bits per heavy atom. The van der Waals surface area contributed by atoms with Gasteiger partial charge in [-0.1, -0.05) is 12.1 Å². The number of carbonyl (C=O) groups is 1. The second-order valence-electron chi connectivity index (χ2n) is 8.21. The van der Waals surface area contributed by atoms with Gasteiger partial charge in [0.05, 0.1) is 49.0 Å². The van der Waals surface area contributed by atoms with E-state index in [0.717, 1.165) is 22.2 Å². The molecule has 0 atom stereocenters. The van der Waals surface area contributed by atoms with E-state index in [1.807, 2.05) is 37.3 Å². The van der Waals surface area contributed by atoms with Crippen molar-refractivity contribution in [1.29, 1.82) is 0 Å². The van der Waals surface area contributed by atoms with Crippen molar-refractivity contribution in [2.45, 2.75) is 6.92 Å². The summed E-state index contributed by atoms with van der Waals surface area (Å²) in [6.45, 7) is 2.17. The van der Waals surface area contributed by atoms with Crippen molar-refractivity contribution in [2.24, 2.45) is 5.14 Å². The fourth-order valence-electron chi connectivity index (χ4n) is 3.71. The highest BCUT2D eigenvalue weighted by atomic mass is 32.2. The van der Waals surface area contributed by atoms with E-state index in [4.69, 9.17) is 24.3 Å². The largest absolute Gasteiger partial charge is 0.430 e. The Morgan fingerprint density at radius 3 is 2.42 bits per heavy atom. The molecule has 0 saturated heterocycles. The van der Waals surface area contributed by atoms with Crippen LogP contribution in [0.25, 0.3) is 33.5 Å². The first-order valence-electron chi connectivity index (χ1n) is 11.6. The minimum Gasteiger partial charge on any atom is -0.409 e. The summed E-state index contributed by atoms with van der Waals surface area (Å²) < 4.78 is 39.6. The number of carbonyl (C=O) groups excluding carboxylic acids is 1. The summed E-state index contributed by atoms with van der Waals surface area (Å²) in [5, 5.41) is 6.09. The highest BCUT2D eigenvalue weighted by molar-refractivity contribution is 7.87. The van der Waals surface area contributed by atoms with E-state index < -0.39 is 16.3 Å². The molecule has 0 bridgehead atoms. The minimum absolute atomic E-state index is 0.0638. The Morgan fingerprint density at radius 2 is 1.71 bits per heavy atom. The highest BCUT2D eigenvalue weighted by Gasteiger charge is 2.26. The highest BCUT2D eigenvalue weighted by Crippen LogP contribution is 2.31. The lowest BCUT2D eigenvalue weighted by Gasteiger charge is -2.19. The summed E-state index contributed by atoms with van der Waals surface area (Å²) in [6.07, 6.45) is 2.26. The number of benzene rings is 1. The van der Waals surface area contributed by atoms with E-state index in [-0.39, 0.29) is 25.5 Å². The Bertz CT molecular complexity index is 1530. The number of ether oxygens (including phenoxy) is 3.